The van der Waals surface area contributed by atoms with Gasteiger partial charge in [-0.2, -0.15) is 4.31 Å². The van der Waals surface area contributed by atoms with Gasteiger partial charge in [0.1, 0.15) is 5.75 Å². The van der Waals surface area contributed by atoms with Crippen molar-refractivity contribution in [2.45, 2.75) is 24.7 Å². The van der Waals surface area contributed by atoms with Gasteiger partial charge in [-0.1, -0.05) is 6.07 Å². The Kier molecular flexibility index (Phi) is 5.85. The molecule has 0 saturated carbocycles. The van der Waals surface area contributed by atoms with Gasteiger partial charge in [0.05, 0.1) is 22.6 Å². The molecule has 3 rings (SSSR count). The van der Waals surface area contributed by atoms with Crippen molar-refractivity contribution in [1.29, 1.82) is 0 Å². The summed E-state index contributed by atoms with van der Waals surface area (Å²) in [6.07, 6.45) is 1.62. The SMILES string of the molecule is COc1ccc([N+](=O)[O-])cc1NC(=O)c1ccc(C)c(S(=O)(=O)N2CCCC2)c1. The second-order valence-corrected chi connectivity index (χ2v) is 8.59. The molecular formula is C19H21N3O6S. The van der Waals surface area contributed by atoms with E-state index < -0.39 is 20.9 Å². The number of sulfonamides is 1. The fraction of sp³-hybridized carbons (Fsp3) is 0.316. The highest BCUT2D eigenvalue weighted by molar-refractivity contribution is 7.89. The van der Waals surface area contributed by atoms with Gasteiger partial charge in [-0.3, -0.25) is 14.9 Å². The number of benzene rings is 2. The second kappa shape index (κ2) is 8.18. The molecule has 1 aliphatic heterocycles. The molecule has 0 radical (unpaired) electrons. The number of anilines is 1. The van der Waals surface area contributed by atoms with Crippen LogP contribution in [0.15, 0.2) is 41.3 Å². The molecule has 9 nitrogen and oxygen atoms in total. The molecule has 10 heteroatoms. The van der Waals surface area contributed by atoms with E-state index in [9.17, 15) is 23.3 Å². The summed E-state index contributed by atoms with van der Waals surface area (Å²) in [4.78, 5) is 23.2. The Morgan fingerprint density at radius 2 is 1.86 bits per heavy atom. The van der Waals surface area contributed by atoms with E-state index in [1.165, 1.54) is 41.7 Å². The van der Waals surface area contributed by atoms with Crippen LogP contribution in [0, 0.1) is 17.0 Å². The Bertz CT molecular complexity index is 1060. The first-order valence-corrected chi connectivity index (χ1v) is 10.4. The molecular weight excluding hydrogens is 398 g/mol. The normalized spacial score (nSPS) is 14.6. The van der Waals surface area contributed by atoms with Gasteiger partial charge in [-0.15, -0.1) is 0 Å². The van der Waals surface area contributed by atoms with Crippen molar-refractivity contribution in [3.63, 3.8) is 0 Å². The zero-order valence-corrected chi connectivity index (χ0v) is 16.9. The molecule has 0 atom stereocenters. The molecule has 29 heavy (non-hydrogen) atoms. The number of hydrogen-bond donors (Lipinski definition) is 1. The van der Waals surface area contributed by atoms with Crippen LogP contribution in [0.5, 0.6) is 5.75 Å². The fourth-order valence-corrected chi connectivity index (χ4v) is 4.96. The van der Waals surface area contributed by atoms with Crippen molar-refractivity contribution in [2.75, 3.05) is 25.5 Å². The van der Waals surface area contributed by atoms with Crippen LogP contribution < -0.4 is 10.1 Å². The van der Waals surface area contributed by atoms with Crippen molar-refractivity contribution in [1.82, 2.24) is 4.31 Å². The number of carbonyl (C=O) groups excluding carboxylic acids is 1. The van der Waals surface area contributed by atoms with Crippen molar-refractivity contribution < 1.29 is 22.9 Å². The highest BCUT2D eigenvalue weighted by Crippen LogP contribution is 2.30. The molecule has 0 aliphatic carbocycles. The van der Waals surface area contributed by atoms with Crippen LogP contribution in [0.2, 0.25) is 0 Å². The quantitative estimate of drug-likeness (QED) is 0.568. The summed E-state index contributed by atoms with van der Waals surface area (Å²) in [5.74, 6) is -0.345. The Morgan fingerprint density at radius 3 is 2.48 bits per heavy atom. The smallest absolute Gasteiger partial charge is 0.271 e. The van der Waals surface area contributed by atoms with Gasteiger partial charge in [0.15, 0.2) is 0 Å². The summed E-state index contributed by atoms with van der Waals surface area (Å²) < 4.78 is 32.4. The van der Waals surface area contributed by atoms with E-state index in [-0.39, 0.29) is 27.6 Å². The predicted octanol–water partition coefficient (Wildman–Crippen LogP) is 2.95. The van der Waals surface area contributed by atoms with Crippen LogP contribution in [-0.4, -0.2) is 43.8 Å². The number of ether oxygens (including phenoxy) is 1. The number of carbonyl (C=O) groups is 1. The van der Waals surface area contributed by atoms with E-state index in [0.29, 0.717) is 18.7 Å². The molecule has 1 fully saturated rings. The minimum atomic E-state index is -3.69. The van der Waals surface area contributed by atoms with Gasteiger partial charge in [0, 0.05) is 30.8 Å². The lowest BCUT2D eigenvalue weighted by Crippen LogP contribution is -2.28. The van der Waals surface area contributed by atoms with Gasteiger partial charge in [-0.25, -0.2) is 8.42 Å². The van der Waals surface area contributed by atoms with Gasteiger partial charge < -0.3 is 10.1 Å². The Hall–Kier alpha value is -2.98. The maximum atomic E-state index is 12.9. The maximum Gasteiger partial charge on any atom is 0.271 e. The number of rotatable bonds is 6. The highest BCUT2D eigenvalue weighted by atomic mass is 32.2. The molecule has 1 heterocycles. The number of methoxy groups -OCH3 is 1. The van der Waals surface area contributed by atoms with E-state index in [0.717, 1.165) is 12.8 Å². The molecule has 1 amide bonds. The van der Waals surface area contributed by atoms with Gasteiger partial charge in [-0.05, 0) is 43.5 Å². The van der Waals surface area contributed by atoms with Crippen molar-refractivity contribution in [2.24, 2.45) is 0 Å². The summed E-state index contributed by atoms with van der Waals surface area (Å²) in [6, 6.07) is 8.25. The minimum absolute atomic E-state index is 0.0815. The van der Waals surface area contributed by atoms with Crippen molar-refractivity contribution in [3.05, 3.63) is 57.6 Å². The number of nitro benzene ring substituents is 1. The summed E-state index contributed by atoms with van der Waals surface area (Å²) in [5.41, 5.74) is 0.585. The van der Waals surface area contributed by atoms with E-state index >= 15 is 0 Å². The number of non-ortho nitro benzene ring substituents is 1. The van der Waals surface area contributed by atoms with Crippen LogP contribution in [0.1, 0.15) is 28.8 Å². The van der Waals surface area contributed by atoms with Gasteiger partial charge in [0.2, 0.25) is 10.0 Å². The molecule has 1 N–H and O–H groups in total. The predicted molar refractivity (Wildman–Crippen MR) is 107 cm³/mol. The molecule has 0 spiro atoms. The standard InChI is InChI=1S/C19H21N3O6S/c1-13-5-6-14(11-18(13)29(26,27)21-9-3-4-10-21)19(23)20-16-12-15(22(24)25)7-8-17(16)28-2/h5-8,11-12H,3-4,9-10H2,1-2H3,(H,20,23). The van der Waals surface area contributed by atoms with Crippen LogP contribution in [0.25, 0.3) is 0 Å². The third kappa shape index (κ3) is 4.22. The van der Waals surface area contributed by atoms with Gasteiger partial charge in [0.25, 0.3) is 11.6 Å². The Balaban J connectivity index is 1.93. The molecule has 154 valence electrons. The second-order valence-electron chi connectivity index (χ2n) is 6.69. The third-order valence-electron chi connectivity index (χ3n) is 4.78. The average molecular weight is 419 g/mol. The number of nitrogens with one attached hydrogen (secondary N) is 1. The molecule has 2 aromatic carbocycles. The monoisotopic (exact) mass is 419 g/mol. The topological polar surface area (TPSA) is 119 Å². The van der Waals surface area contributed by atoms with Crippen molar-refractivity contribution in [3.8, 4) is 5.75 Å². The van der Waals surface area contributed by atoms with Crippen LogP contribution in [-0.2, 0) is 10.0 Å². The molecule has 0 bridgehead atoms. The lowest BCUT2D eigenvalue weighted by atomic mass is 10.1. The lowest BCUT2D eigenvalue weighted by Gasteiger charge is -2.18. The lowest BCUT2D eigenvalue weighted by molar-refractivity contribution is -0.384. The highest BCUT2D eigenvalue weighted by Gasteiger charge is 2.29. The summed E-state index contributed by atoms with van der Waals surface area (Å²) in [5, 5.41) is 13.6. The van der Waals surface area contributed by atoms with E-state index in [2.05, 4.69) is 5.32 Å². The average Bonchev–Trinajstić information content (AvgIpc) is 3.23. The summed E-state index contributed by atoms with van der Waals surface area (Å²) in [7, 11) is -2.31. The molecule has 1 aliphatic rings. The first-order chi connectivity index (χ1) is 13.7. The van der Waals surface area contributed by atoms with Crippen LogP contribution in [0.4, 0.5) is 11.4 Å². The minimum Gasteiger partial charge on any atom is -0.495 e. The van der Waals surface area contributed by atoms with E-state index in [1.807, 2.05) is 0 Å². The summed E-state index contributed by atoms with van der Waals surface area (Å²) in [6.45, 7) is 2.60. The first kappa shape index (κ1) is 20.7. The zero-order valence-electron chi connectivity index (χ0n) is 16.0. The van der Waals surface area contributed by atoms with Crippen molar-refractivity contribution >= 4 is 27.3 Å². The van der Waals surface area contributed by atoms with E-state index in [4.69, 9.17) is 4.74 Å². The Labute approximate surface area is 168 Å². The molecule has 1 saturated heterocycles. The number of nitro groups is 1. The molecule has 0 unspecified atom stereocenters. The third-order valence-corrected chi connectivity index (χ3v) is 6.82. The first-order valence-electron chi connectivity index (χ1n) is 8.98. The maximum absolute atomic E-state index is 12.9. The number of nitrogens with zero attached hydrogens (tertiary/aromatic N) is 2. The Morgan fingerprint density at radius 1 is 1.17 bits per heavy atom. The number of hydrogen-bond acceptors (Lipinski definition) is 6. The van der Waals surface area contributed by atoms with Crippen LogP contribution in [0.3, 0.4) is 0 Å². The summed E-state index contributed by atoms with van der Waals surface area (Å²) >= 11 is 0. The number of aryl methyl sites for hydroxylation is 1. The number of amides is 1. The fourth-order valence-electron chi connectivity index (χ4n) is 3.19. The molecule has 0 aromatic heterocycles. The van der Waals surface area contributed by atoms with E-state index in [1.54, 1.807) is 13.0 Å². The zero-order chi connectivity index (χ0) is 21.2. The molecule has 2 aromatic rings. The largest absolute Gasteiger partial charge is 0.495 e. The van der Waals surface area contributed by atoms with Gasteiger partial charge >= 0.3 is 0 Å². The van der Waals surface area contributed by atoms with Crippen LogP contribution >= 0.6 is 0 Å².